The van der Waals surface area contributed by atoms with Crippen molar-refractivity contribution in [1.82, 2.24) is 9.80 Å². The molecule has 0 saturated carbocycles. The molecule has 0 aromatic heterocycles. The fourth-order valence-corrected chi connectivity index (χ4v) is 3.07. The largest absolute Gasteiger partial charge is 0.460 e. The zero-order valence-electron chi connectivity index (χ0n) is 12.7. The first-order chi connectivity index (χ1) is 8.94. The average Bonchev–Trinajstić information content (AvgIpc) is 2.34. The lowest BCUT2D eigenvalue weighted by molar-refractivity contribution is -0.155. The Morgan fingerprint density at radius 1 is 1.21 bits per heavy atom. The SMILES string of the molecule is CC(C)(C)OC(=O)CCN1CCN2CCCCC2C1. The molecule has 2 saturated heterocycles. The van der Waals surface area contributed by atoms with Crippen LogP contribution < -0.4 is 0 Å². The van der Waals surface area contributed by atoms with Crippen molar-refractivity contribution in [1.29, 1.82) is 0 Å². The molecule has 2 heterocycles. The number of piperidine rings is 1. The van der Waals surface area contributed by atoms with Gasteiger partial charge in [-0.05, 0) is 40.2 Å². The highest BCUT2D eigenvalue weighted by Crippen LogP contribution is 2.21. The molecule has 2 fully saturated rings. The second-order valence-electron chi connectivity index (χ2n) is 6.82. The number of esters is 1. The Kier molecular flexibility index (Phi) is 4.85. The molecule has 0 aliphatic carbocycles. The summed E-state index contributed by atoms with van der Waals surface area (Å²) in [7, 11) is 0. The van der Waals surface area contributed by atoms with Gasteiger partial charge in [0, 0.05) is 32.2 Å². The predicted octanol–water partition coefficient (Wildman–Crippen LogP) is 1.89. The lowest BCUT2D eigenvalue weighted by atomic mass is 9.99. The second-order valence-corrected chi connectivity index (χ2v) is 6.82. The standard InChI is InChI=1S/C15H28N2O2/c1-15(2,3)19-14(18)7-9-16-10-11-17-8-5-4-6-13(17)12-16/h13H,4-12H2,1-3H3. The lowest BCUT2D eigenvalue weighted by Crippen LogP contribution is -2.55. The van der Waals surface area contributed by atoms with Crippen LogP contribution in [0.4, 0.5) is 0 Å². The molecule has 0 spiro atoms. The van der Waals surface area contributed by atoms with E-state index in [0.717, 1.165) is 25.7 Å². The lowest BCUT2D eigenvalue weighted by Gasteiger charge is -2.44. The minimum atomic E-state index is -0.362. The summed E-state index contributed by atoms with van der Waals surface area (Å²) in [5, 5.41) is 0. The van der Waals surface area contributed by atoms with E-state index in [4.69, 9.17) is 4.74 Å². The summed E-state index contributed by atoms with van der Waals surface area (Å²) < 4.78 is 5.36. The van der Waals surface area contributed by atoms with Crippen LogP contribution in [0.2, 0.25) is 0 Å². The smallest absolute Gasteiger partial charge is 0.307 e. The summed E-state index contributed by atoms with van der Waals surface area (Å²) >= 11 is 0. The highest BCUT2D eigenvalue weighted by Gasteiger charge is 2.29. The van der Waals surface area contributed by atoms with Gasteiger partial charge in [-0.3, -0.25) is 14.6 Å². The van der Waals surface area contributed by atoms with Gasteiger partial charge < -0.3 is 4.74 Å². The zero-order valence-corrected chi connectivity index (χ0v) is 12.7. The van der Waals surface area contributed by atoms with Gasteiger partial charge in [-0.15, -0.1) is 0 Å². The van der Waals surface area contributed by atoms with Crippen molar-refractivity contribution < 1.29 is 9.53 Å². The van der Waals surface area contributed by atoms with Gasteiger partial charge >= 0.3 is 5.97 Å². The number of piperazine rings is 1. The Labute approximate surface area is 117 Å². The van der Waals surface area contributed by atoms with E-state index < -0.39 is 0 Å². The molecule has 0 bridgehead atoms. The minimum Gasteiger partial charge on any atom is -0.460 e. The Balaban J connectivity index is 1.70. The molecule has 19 heavy (non-hydrogen) atoms. The van der Waals surface area contributed by atoms with E-state index in [1.807, 2.05) is 20.8 Å². The molecule has 2 rings (SSSR count). The topological polar surface area (TPSA) is 32.8 Å². The minimum absolute atomic E-state index is 0.0708. The third kappa shape index (κ3) is 4.77. The monoisotopic (exact) mass is 268 g/mol. The molecule has 0 N–H and O–H groups in total. The molecule has 4 heteroatoms. The molecule has 4 nitrogen and oxygen atoms in total. The molecule has 2 aliphatic heterocycles. The molecule has 2 aliphatic rings. The maximum atomic E-state index is 11.7. The van der Waals surface area contributed by atoms with Crippen LogP contribution in [0.3, 0.4) is 0 Å². The molecule has 0 amide bonds. The van der Waals surface area contributed by atoms with E-state index in [1.165, 1.54) is 32.4 Å². The first-order valence-electron chi connectivity index (χ1n) is 7.62. The highest BCUT2D eigenvalue weighted by atomic mass is 16.6. The van der Waals surface area contributed by atoms with Crippen LogP contribution >= 0.6 is 0 Å². The van der Waals surface area contributed by atoms with Crippen molar-refractivity contribution in [3.05, 3.63) is 0 Å². The van der Waals surface area contributed by atoms with Gasteiger partial charge in [0.25, 0.3) is 0 Å². The van der Waals surface area contributed by atoms with Crippen molar-refractivity contribution in [3.8, 4) is 0 Å². The number of hydrogen-bond acceptors (Lipinski definition) is 4. The van der Waals surface area contributed by atoms with Gasteiger partial charge in [0.15, 0.2) is 0 Å². The number of nitrogens with zero attached hydrogens (tertiary/aromatic N) is 2. The van der Waals surface area contributed by atoms with Crippen molar-refractivity contribution in [2.24, 2.45) is 0 Å². The number of rotatable bonds is 3. The molecule has 1 atom stereocenters. The van der Waals surface area contributed by atoms with E-state index in [2.05, 4.69) is 9.80 Å². The van der Waals surface area contributed by atoms with Crippen LogP contribution in [-0.2, 0) is 9.53 Å². The quantitative estimate of drug-likeness (QED) is 0.732. The van der Waals surface area contributed by atoms with E-state index in [9.17, 15) is 4.79 Å². The summed E-state index contributed by atoms with van der Waals surface area (Å²) in [6.45, 7) is 11.3. The predicted molar refractivity (Wildman–Crippen MR) is 76.1 cm³/mol. The van der Waals surface area contributed by atoms with E-state index >= 15 is 0 Å². The van der Waals surface area contributed by atoms with E-state index in [1.54, 1.807) is 0 Å². The van der Waals surface area contributed by atoms with Crippen molar-refractivity contribution >= 4 is 5.97 Å². The Hall–Kier alpha value is -0.610. The Bertz CT molecular complexity index is 312. The molecular weight excluding hydrogens is 240 g/mol. The fourth-order valence-electron chi connectivity index (χ4n) is 3.07. The molecule has 0 aromatic rings. The van der Waals surface area contributed by atoms with Gasteiger partial charge in [0.2, 0.25) is 0 Å². The first kappa shape index (κ1) is 14.8. The van der Waals surface area contributed by atoms with Crippen LogP contribution in [0, 0.1) is 0 Å². The third-order valence-electron chi connectivity index (χ3n) is 3.97. The summed E-state index contributed by atoms with van der Waals surface area (Å²) in [6.07, 6.45) is 4.56. The first-order valence-corrected chi connectivity index (χ1v) is 7.62. The van der Waals surface area contributed by atoms with Crippen molar-refractivity contribution in [2.75, 3.05) is 32.7 Å². The van der Waals surface area contributed by atoms with Crippen LogP contribution in [0.1, 0.15) is 46.5 Å². The maximum absolute atomic E-state index is 11.7. The van der Waals surface area contributed by atoms with Gasteiger partial charge in [-0.25, -0.2) is 0 Å². The number of fused-ring (bicyclic) bond motifs is 1. The van der Waals surface area contributed by atoms with E-state index in [0.29, 0.717) is 6.42 Å². The van der Waals surface area contributed by atoms with Gasteiger partial charge in [-0.2, -0.15) is 0 Å². The molecule has 110 valence electrons. The van der Waals surface area contributed by atoms with Crippen molar-refractivity contribution in [2.45, 2.75) is 58.1 Å². The third-order valence-corrected chi connectivity index (χ3v) is 3.97. The second kappa shape index (κ2) is 6.23. The van der Waals surface area contributed by atoms with E-state index in [-0.39, 0.29) is 11.6 Å². The Morgan fingerprint density at radius 2 is 2.00 bits per heavy atom. The molecule has 0 radical (unpaired) electrons. The number of ether oxygens (including phenoxy) is 1. The molecule has 1 unspecified atom stereocenters. The van der Waals surface area contributed by atoms with Crippen LogP contribution in [0.5, 0.6) is 0 Å². The zero-order chi connectivity index (χ0) is 13.9. The number of carbonyl (C=O) groups excluding carboxylic acids is 1. The summed E-state index contributed by atoms with van der Waals surface area (Å²) in [6, 6.07) is 0.723. The molecule has 0 aromatic carbocycles. The summed E-state index contributed by atoms with van der Waals surface area (Å²) in [5.74, 6) is -0.0708. The summed E-state index contributed by atoms with van der Waals surface area (Å²) in [5.41, 5.74) is -0.362. The average molecular weight is 268 g/mol. The maximum Gasteiger partial charge on any atom is 0.307 e. The Morgan fingerprint density at radius 3 is 2.74 bits per heavy atom. The van der Waals surface area contributed by atoms with Crippen LogP contribution in [-0.4, -0.2) is 60.1 Å². The highest BCUT2D eigenvalue weighted by molar-refractivity contribution is 5.70. The van der Waals surface area contributed by atoms with Gasteiger partial charge in [0.1, 0.15) is 5.60 Å². The van der Waals surface area contributed by atoms with Gasteiger partial charge in [-0.1, -0.05) is 6.42 Å². The number of carbonyl (C=O) groups is 1. The molecular formula is C15H28N2O2. The summed E-state index contributed by atoms with van der Waals surface area (Å²) in [4.78, 5) is 16.8. The normalized spacial score (nSPS) is 25.9. The van der Waals surface area contributed by atoms with Crippen LogP contribution in [0.25, 0.3) is 0 Å². The number of hydrogen-bond donors (Lipinski definition) is 0. The van der Waals surface area contributed by atoms with Gasteiger partial charge in [0.05, 0.1) is 6.42 Å². The van der Waals surface area contributed by atoms with Crippen LogP contribution in [0.15, 0.2) is 0 Å². The van der Waals surface area contributed by atoms with Crippen molar-refractivity contribution in [3.63, 3.8) is 0 Å². The fraction of sp³-hybridized carbons (Fsp3) is 0.933.